The summed E-state index contributed by atoms with van der Waals surface area (Å²) in [7, 11) is 1.56. The van der Waals surface area contributed by atoms with Crippen molar-refractivity contribution in [2.45, 2.75) is 19.9 Å². The summed E-state index contributed by atoms with van der Waals surface area (Å²) in [5.74, 6) is -0.645. The van der Waals surface area contributed by atoms with Gasteiger partial charge < -0.3 is 15.4 Å². The Morgan fingerprint density at radius 3 is 2.88 bits per heavy atom. The minimum absolute atomic E-state index is 0.159. The molecule has 0 radical (unpaired) electrons. The van der Waals surface area contributed by atoms with E-state index in [-0.39, 0.29) is 11.6 Å². The van der Waals surface area contributed by atoms with E-state index < -0.39 is 12.0 Å². The predicted molar refractivity (Wildman–Crippen MR) is 65.2 cm³/mol. The molecule has 6 nitrogen and oxygen atoms in total. The lowest BCUT2D eigenvalue weighted by Crippen LogP contribution is -2.35. The highest BCUT2D eigenvalue weighted by Crippen LogP contribution is 2.21. The zero-order valence-electron chi connectivity index (χ0n) is 9.94. The monoisotopic (exact) mass is 257 g/mol. The van der Waals surface area contributed by atoms with Gasteiger partial charge in [-0.1, -0.05) is 0 Å². The van der Waals surface area contributed by atoms with Crippen molar-refractivity contribution in [1.29, 1.82) is 0 Å². The molecule has 1 rings (SSSR count). The van der Waals surface area contributed by atoms with Crippen molar-refractivity contribution in [1.82, 2.24) is 10.3 Å². The van der Waals surface area contributed by atoms with E-state index in [1.165, 1.54) is 16.8 Å². The lowest BCUT2D eigenvalue weighted by molar-refractivity contribution is -0.121. The minimum atomic E-state index is -0.486. The number of ether oxygens (including phenoxy) is 1. The molecule has 0 aliphatic heterocycles. The first kappa shape index (κ1) is 13.4. The number of thiazole rings is 1. The Kier molecular flexibility index (Phi) is 4.89. The molecular formula is C10H15N3O3S. The Bertz CT molecular complexity index is 405. The highest BCUT2D eigenvalue weighted by molar-refractivity contribution is 7.14. The fourth-order valence-corrected chi connectivity index (χ4v) is 1.93. The maximum absolute atomic E-state index is 11.5. The highest BCUT2D eigenvalue weighted by atomic mass is 32.1. The van der Waals surface area contributed by atoms with Gasteiger partial charge in [-0.25, -0.2) is 9.78 Å². The van der Waals surface area contributed by atoms with E-state index in [2.05, 4.69) is 15.6 Å². The van der Waals surface area contributed by atoms with Gasteiger partial charge in [0, 0.05) is 7.05 Å². The second-order valence-corrected chi connectivity index (χ2v) is 4.09. The van der Waals surface area contributed by atoms with Gasteiger partial charge in [-0.15, -0.1) is 11.3 Å². The maximum atomic E-state index is 11.5. The maximum Gasteiger partial charge on any atom is 0.360 e. The number of carbonyl (C=O) groups excluding carboxylic acids is 2. The number of nitrogens with one attached hydrogen (secondary N) is 2. The number of hydrogen-bond donors (Lipinski definition) is 2. The molecule has 1 atom stereocenters. The van der Waals surface area contributed by atoms with Crippen molar-refractivity contribution in [2.24, 2.45) is 0 Å². The summed E-state index contributed by atoms with van der Waals surface area (Å²) in [6.45, 7) is 3.72. The van der Waals surface area contributed by atoms with Crippen LogP contribution in [0.1, 0.15) is 24.3 Å². The van der Waals surface area contributed by atoms with E-state index in [4.69, 9.17) is 4.74 Å². The number of rotatable bonds is 5. The summed E-state index contributed by atoms with van der Waals surface area (Å²) in [5.41, 5.74) is 1.75. The van der Waals surface area contributed by atoms with Crippen LogP contribution < -0.4 is 10.6 Å². The summed E-state index contributed by atoms with van der Waals surface area (Å²) in [6, 6.07) is -0.436. The van der Waals surface area contributed by atoms with Crippen LogP contribution in [0.4, 0.5) is 5.00 Å². The number of hydrogen-bond acceptors (Lipinski definition) is 6. The van der Waals surface area contributed by atoms with Gasteiger partial charge in [0.2, 0.25) is 5.91 Å². The van der Waals surface area contributed by atoms with Crippen molar-refractivity contribution >= 4 is 28.2 Å². The summed E-state index contributed by atoms with van der Waals surface area (Å²) in [6.07, 6.45) is 0. The van der Waals surface area contributed by atoms with Crippen LogP contribution in [-0.2, 0) is 9.53 Å². The average molecular weight is 257 g/mol. The second-order valence-electron chi connectivity index (χ2n) is 3.23. The lowest BCUT2D eigenvalue weighted by atomic mass is 10.3. The first-order valence-corrected chi connectivity index (χ1v) is 6.06. The van der Waals surface area contributed by atoms with E-state index in [1.54, 1.807) is 20.9 Å². The van der Waals surface area contributed by atoms with Crippen molar-refractivity contribution in [3.8, 4) is 0 Å². The van der Waals surface area contributed by atoms with Crippen molar-refractivity contribution < 1.29 is 14.3 Å². The van der Waals surface area contributed by atoms with Crippen LogP contribution in [0.15, 0.2) is 5.51 Å². The summed E-state index contributed by atoms with van der Waals surface area (Å²) >= 11 is 1.26. The number of amides is 1. The average Bonchev–Trinajstić information content (AvgIpc) is 2.76. The van der Waals surface area contributed by atoms with E-state index >= 15 is 0 Å². The minimum Gasteiger partial charge on any atom is -0.461 e. The third kappa shape index (κ3) is 3.42. The van der Waals surface area contributed by atoms with E-state index in [1.807, 2.05) is 0 Å². The molecule has 1 aromatic heterocycles. The van der Waals surface area contributed by atoms with Crippen molar-refractivity contribution in [3.63, 3.8) is 0 Å². The van der Waals surface area contributed by atoms with Crippen molar-refractivity contribution in [2.75, 3.05) is 19.0 Å². The Hall–Kier alpha value is -1.63. The Morgan fingerprint density at radius 1 is 1.59 bits per heavy atom. The van der Waals surface area contributed by atoms with Gasteiger partial charge in [-0.3, -0.25) is 4.79 Å². The van der Waals surface area contributed by atoms with Crippen molar-refractivity contribution in [3.05, 3.63) is 11.2 Å². The molecule has 0 aromatic carbocycles. The van der Waals surface area contributed by atoms with Gasteiger partial charge in [-0.2, -0.15) is 0 Å². The largest absolute Gasteiger partial charge is 0.461 e. The van der Waals surface area contributed by atoms with Crippen LogP contribution in [0, 0.1) is 0 Å². The molecule has 1 aromatic rings. The van der Waals surface area contributed by atoms with E-state index in [0.717, 1.165) is 0 Å². The Labute approximate surface area is 103 Å². The molecule has 7 heteroatoms. The number of anilines is 1. The second kappa shape index (κ2) is 6.19. The molecule has 1 amide bonds. The molecule has 17 heavy (non-hydrogen) atoms. The third-order valence-corrected chi connectivity index (χ3v) is 2.78. The van der Waals surface area contributed by atoms with Gasteiger partial charge in [0.15, 0.2) is 5.69 Å². The molecule has 0 saturated heterocycles. The predicted octanol–water partition coefficient (Wildman–Crippen LogP) is 0.866. The molecule has 1 unspecified atom stereocenters. The van der Waals surface area contributed by atoms with Crippen LogP contribution in [0.25, 0.3) is 0 Å². The number of carbonyl (C=O) groups is 2. The number of esters is 1. The van der Waals surface area contributed by atoms with Crippen LogP contribution in [0.3, 0.4) is 0 Å². The van der Waals surface area contributed by atoms with Gasteiger partial charge in [0.05, 0.1) is 12.1 Å². The Balaban J connectivity index is 2.75. The van der Waals surface area contributed by atoms with Crippen LogP contribution >= 0.6 is 11.3 Å². The SMILES string of the molecule is CCOC(=O)c1ncsc1NC(C)C(=O)NC. The Morgan fingerprint density at radius 2 is 2.29 bits per heavy atom. The molecule has 2 N–H and O–H groups in total. The summed E-state index contributed by atoms with van der Waals surface area (Å²) < 4.78 is 4.86. The molecule has 0 aliphatic carbocycles. The zero-order chi connectivity index (χ0) is 12.8. The van der Waals surface area contributed by atoms with E-state index in [0.29, 0.717) is 11.6 Å². The standard InChI is InChI=1S/C10H15N3O3S/c1-4-16-10(15)7-9(17-5-12-7)13-6(2)8(14)11-3/h5-6,13H,4H2,1-3H3,(H,11,14). The molecule has 0 aliphatic rings. The quantitative estimate of drug-likeness (QED) is 0.765. The van der Waals surface area contributed by atoms with Crippen LogP contribution in [0.2, 0.25) is 0 Å². The zero-order valence-corrected chi connectivity index (χ0v) is 10.8. The van der Waals surface area contributed by atoms with Gasteiger partial charge in [-0.05, 0) is 13.8 Å². The summed E-state index contributed by atoms with van der Waals surface area (Å²) in [4.78, 5) is 26.8. The molecular weight excluding hydrogens is 242 g/mol. The van der Waals surface area contributed by atoms with E-state index in [9.17, 15) is 9.59 Å². The molecule has 1 heterocycles. The molecule has 0 fully saturated rings. The first-order chi connectivity index (χ1) is 8.10. The number of aromatic nitrogens is 1. The summed E-state index contributed by atoms with van der Waals surface area (Å²) in [5, 5.41) is 5.98. The third-order valence-electron chi connectivity index (χ3n) is 2.02. The van der Waals surface area contributed by atoms with Crippen LogP contribution in [-0.4, -0.2) is 36.6 Å². The normalized spacial score (nSPS) is 11.7. The fraction of sp³-hybridized carbons (Fsp3) is 0.500. The highest BCUT2D eigenvalue weighted by Gasteiger charge is 2.19. The molecule has 0 saturated carbocycles. The number of nitrogens with zero attached hydrogens (tertiary/aromatic N) is 1. The van der Waals surface area contributed by atoms with Gasteiger partial charge >= 0.3 is 5.97 Å². The van der Waals surface area contributed by atoms with Crippen LogP contribution in [0.5, 0.6) is 0 Å². The lowest BCUT2D eigenvalue weighted by Gasteiger charge is -2.12. The molecule has 0 bridgehead atoms. The fourth-order valence-electron chi connectivity index (χ4n) is 1.17. The number of likely N-dealkylation sites (N-methyl/N-ethyl adjacent to an activating group) is 1. The smallest absolute Gasteiger partial charge is 0.360 e. The molecule has 0 spiro atoms. The first-order valence-electron chi connectivity index (χ1n) is 5.18. The topological polar surface area (TPSA) is 80.3 Å². The van der Waals surface area contributed by atoms with Gasteiger partial charge in [0.25, 0.3) is 0 Å². The van der Waals surface area contributed by atoms with Gasteiger partial charge in [0.1, 0.15) is 11.0 Å². The molecule has 94 valence electrons.